The largest absolute Gasteiger partial charge is 0.454 e. The zero-order valence-electron chi connectivity index (χ0n) is 14.1. The molecule has 1 aliphatic rings. The fourth-order valence-corrected chi connectivity index (χ4v) is 2.97. The number of rotatable bonds is 6. The van der Waals surface area contributed by atoms with Crippen molar-refractivity contribution < 1.29 is 9.47 Å². The molecule has 1 heterocycles. The van der Waals surface area contributed by atoms with Gasteiger partial charge in [0, 0.05) is 18.0 Å². The minimum atomic E-state index is 0.276. The predicted molar refractivity (Wildman–Crippen MR) is 103 cm³/mol. The third-order valence-corrected chi connectivity index (χ3v) is 4.45. The molecule has 4 N–H and O–H groups in total. The number of hydrogen-bond donors (Lipinski definition) is 3. The molecule has 0 spiro atoms. The first kappa shape index (κ1) is 17.4. The standard InChI is InChI=1S/C18H22N4O2S/c1-25-17-5-3-2-4-14(17)22-18(20-9-8-19)21-11-13-6-7-15-16(10-13)24-12-23-15/h2-7,10H,8-9,11-12,19H2,1H3,(H2,20,21,22). The number of nitrogens with two attached hydrogens (primary N) is 1. The molecule has 0 aliphatic carbocycles. The molecule has 0 amide bonds. The lowest BCUT2D eigenvalue weighted by Gasteiger charge is -2.14. The number of hydrogen-bond acceptors (Lipinski definition) is 5. The van der Waals surface area contributed by atoms with Crippen molar-refractivity contribution in [3.05, 3.63) is 48.0 Å². The fraction of sp³-hybridized carbons (Fsp3) is 0.278. The second-order valence-electron chi connectivity index (χ2n) is 5.39. The zero-order chi connectivity index (χ0) is 17.5. The summed E-state index contributed by atoms with van der Waals surface area (Å²) in [5, 5.41) is 6.60. The summed E-state index contributed by atoms with van der Waals surface area (Å²) in [6.45, 7) is 1.99. The molecule has 0 fully saturated rings. The van der Waals surface area contributed by atoms with E-state index in [1.54, 1.807) is 11.8 Å². The van der Waals surface area contributed by atoms with Gasteiger partial charge in [-0.15, -0.1) is 11.8 Å². The Kier molecular flexibility index (Phi) is 6.03. The summed E-state index contributed by atoms with van der Waals surface area (Å²) in [6, 6.07) is 14.0. The van der Waals surface area contributed by atoms with E-state index in [0.29, 0.717) is 25.6 Å². The van der Waals surface area contributed by atoms with E-state index < -0.39 is 0 Å². The Balaban J connectivity index is 1.74. The lowest BCUT2D eigenvalue weighted by atomic mass is 10.2. The molecule has 0 saturated heterocycles. The maximum absolute atomic E-state index is 5.62. The summed E-state index contributed by atoms with van der Waals surface area (Å²) >= 11 is 1.69. The topological polar surface area (TPSA) is 80.9 Å². The minimum Gasteiger partial charge on any atom is -0.454 e. The number of para-hydroxylation sites is 1. The highest BCUT2D eigenvalue weighted by Gasteiger charge is 2.13. The highest BCUT2D eigenvalue weighted by Crippen LogP contribution is 2.32. The van der Waals surface area contributed by atoms with Crippen LogP contribution < -0.4 is 25.8 Å². The van der Waals surface area contributed by atoms with Gasteiger partial charge < -0.3 is 25.8 Å². The maximum Gasteiger partial charge on any atom is 0.231 e. The third kappa shape index (κ3) is 4.58. The Labute approximate surface area is 151 Å². The summed E-state index contributed by atoms with van der Waals surface area (Å²) in [7, 11) is 0. The van der Waals surface area contributed by atoms with Crippen molar-refractivity contribution in [3.8, 4) is 11.5 Å². The number of anilines is 1. The van der Waals surface area contributed by atoms with E-state index >= 15 is 0 Å². The molecule has 0 atom stereocenters. The highest BCUT2D eigenvalue weighted by molar-refractivity contribution is 7.98. The van der Waals surface area contributed by atoms with Crippen molar-refractivity contribution in [2.75, 3.05) is 31.5 Å². The maximum atomic E-state index is 5.62. The molecule has 0 radical (unpaired) electrons. The molecule has 132 valence electrons. The summed E-state index contributed by atoms with van der Waals surface area (Å²) in [6.07, 6.45) is 2.05. The molecule has 0 saturated carbocycles. The van der Waals surface area contributed by atoms with E-state index in [-0.39, 0.29) is 6.79 Å². The van der Waals surface area contributed by atoms with Gasteiger partial charge in [0.2, 0.25) is 6.79 Å². The molecule has 2 aromatic rings. The van der Waals surface area contributed by atoms with Gasteiger partial charge in [0.05, 0.1) is 12.2 Å². The Morgan fingerprint density at radius 2 is 2.04 bits per heavy atom. The van der Waals surface area contributed by atoms with Crippen LogP contribution in [0.1, 0.15) is 5.56 Å². The molecule has 25 heavy (non-hydrogen) atoms. The van der Waals surface area contributed by atoms with E-state index in [9.17, 15) is 0 Å². The van der Waals surface area contributed by atoms with Gasteiger partial charge in [-0.1, -0.05) is 18.2 Å². The van der Waals surface area contributed by atoms with Gasteiger partial charge in [0.1, 0.15) is 0 Å². The second kappa shape index (κ2) is 8.64. The van der Waals surface area contributed by atoms with Crippen molar-refractivity contribution >= 4 is 23.4 Å². The van der Waals surface area contributed by atoms with Crippen LogP contribution in [-0.4, -0.2) is 32.1 Å². The predicted octanol–water partition coefficient (Wildman–Crippen LogP) is 2.65. The Morgan fingerprint density at radius 1 is 1.20 bits per heavy atom. The van der Waals surface area contributed by atoms with Crippen molar-refractivity contribution in [1.82, 2.24) is 5.32 Å². The number of thioether (sulfide) groups is 1. The fourth-order valence-electron chi connectivity index (χ4n) is 2.42. The summed E-state index contributed by atoms with van der Waals surface area (Å²) in [5.41, 5.74) is 7.68. The van der Waals surface area contributed by atoms with Crippen molar-refractivity contribution in [2.45, 2.75) is 11.4 Å². The highest BCUT2D eigenvalue weighted by atomic mass is 32.2. The van der Waals surface area contributed by atoms with Crippen LogP contribution in [0.25, 0.3) is 0 Å². The van der Waals surface area contributed by atoms with E-state index in [0.717, 1.165) is 27.6 Å². The summed E-state index contributed by atoms with van der Waals surface area (Å²) < 4.78 is 10.8. The first-order valence-corrected chi connectivity index (χ1v) is 9.29. The number of benzene rings is 2. The number of ether oxygens (including phenoxy) is 2. The summed E-state index contributed by atoms with van der Waals surface area (Å²) in [5.74, 6) is 2.25. The van der Waals surface area contributed by atoms with Gasteiger partial charge in [-0.05, 0) is 36.1 Å². The molecule has 2 aromatic carbocycles. The van der Waals surface area contributed by atoms with Crippen molar-refractivity contribution in [1.29, 1.82) is 0 Å². The second-order valence-corrected chi connectivity index (χ2v) is 6.24. The molecule has 6 nitrogen and oxygen atoms in total. The Morgan fingerprint density at radius 3 is 2.88 bits per heavy atom. The quantitative estimate of drug-likeness (QED) is 0.418. The van der Waals surface area contributed by atoms with Gasteiger partial charge in [0.15, 0.2) is 17.5 Å². The first-order valence-electron chi connectivity index (χ1n) is 8.07. The van der Waals surface area contributed by atoms with E-state index in [4.69, 9.17) is 15.2 Å². The molecule has 0 bridgehead atoms. The van der Waals surface area contributed by atoms with Crippen LogP contribution in [0.5, 0.6) is 11.5 Å². The normalized spacial score (nSPS) is 13.0. The lowest BCUT2D eigenvalue weighted by Crippen LogP contribution is -2.34. The number of nitrogens with zero attached hydrogens (tertiary/aromatic N) is 1. The van der Waals surface area contributed by atoms with E-state index in [1.807, 2.05) is 36.4 Å². The van der Waals surface area contributed by atoms with Crippen LogP contribution in [0, 0.1) is 0 Å². The Hall–Kier alpha value is -2.38. The molecule has 0 aromatic heterocycles. The molecule has 3 rings (SSSR count). The average molecular weight is 358 g/mol. The number of guanidine groups is 1. The van der Waals surface area contributed by atoms with Crippen LogP contribution in [-0.2, 0) is 6.54 Å². The smallest absolute Gasteiger partial charge is 0.231 e. The van der Waals surface area contributed by atoms with Crippen LogP contribution in [0.4, 0.5) is 5.69 Å². The molecular weight excluding hydrogens is 336 g/mol. The molecular formula is C18H22N4O2S. The third-order valence-electron chi connectivity index (χ3n) is 3.65. The van der Waals surface area contributed by atoms with E-state index in [2.05, 4.69) is 27.9 Å². The SMILES string of the molecule is CSc1ccccc1NC(=NCc1ccc2c(c1)OCO2)NCCN. The van der Waals surface area contributed by atoms with Gasteiger partial charge in [-0.3, -0.25) is 0 Å². The van der Waals surface area contributed by atoms with Gasteiger partial charge >= 0.3 is 0 Å². The Bertz CT molecular complexity index is 752. The van der Waals surface area contributed by atoms with Crippen molar-refractivity contribution in [2.24, 2.45) is 10.7 Å². The summed E-state index contributed by atoms with van der Waals surface area (Å²) in [4.78, 5) is 5.82. The van der Waals surface area contributed by atoms with Gasteiger partial charge in [-0.2, -0.15) is 0 Å². The molecule has 1 aliphatic heterocycles. The van der Waals surface area contributed by atoms with E-state index in [1.165, 1.54) is 0 Å². The van der Waals surface area contributed by atoms with Crippen LogP contribution in [0.15, 0.2) is 52.4 Å². The molecule has 0 unspecified atom stereocenters. The average Bonchev–Trinajstić information content (AvgIpc) is 3.12. The van der Waals surface area contributed by atoms with Crippen LogP contribution >= 0.6 is 11.8 Å². The number of nitrogens with one attached hydrogen (secondary N) is 2. The minimum absolute atomic E-state index is 0.276. The lowest BCUT2D eigenvalue weighted by molar-refractivity contribution is 0.174. The van der Waals surface area contributed by atoms with Crippen LogP contribution in [0.3, 0.4) is 0 Å². The van der Waals surface area contributed by atoms with Gasteiger partial charge in [0.25, 0.3) is 0 Å². The number of fused-ring (bicyclic) bond motifs is 1. The first-order chi connectivity index (χ1) is 12.3. The zero-order valence-corrected chi connectivity index (χ0v) is 14.9. The van der Waals surface area contributed by atoms with Crippen molar-refractivity contribution in [3.63, 3.8) is 0 Å². The van der Waals surface area contributed by atoms with Crippen LogP contribution in [0.2, 0.25) is 0 Å². The monoisotopic (exact) mass is 358 g/mol. The molecule has 7 heteroatoms. The number of aliphatic imine (C=N–C) groups is 1. The van der Waals surface area contributed by atoms with Gasteiger partial charge in [-0.25, -0.2) is 4.99 Å².